The Hall–Kier alpha value is -1.96. The van der Waals surface area contributed by atoms with Crippen LogP contribution >= 0.6 is 0 Å². The van der Waals surface area contributed by atoms with Crippen LogP contribution in [0.2, 0.25) is 0 Å². The van der Waals surface area contributed by atoms with Crippen molar-refractivity contribution in [3.8, 4) is 0 Å². The SMILES string of the molecule is CN/C=C\Nc1cccc2ccccc12. The second-order valence-corrected chi connectivity index (χ2v) is 3.29. The van der Waals surface area contributed by atoms with Crippen molar-refractivity contribution in [2.75, 3.05) is 12.4 Å². The van der Waals surface area contributed by atoms with E-state index in [1.54, 1.807) is 0 Å². The van der Waals surface area contributed by atoms with Gasteiger partial charge in [-0.05, 0) is 11.5 Å². The Morgan fingerprint density at radius 1 is 0.933 bits per heavy atom. The summed E-state index contributed by atoms with van der Waals surface area (Å²) < 4.78 is 0. The summed E-state index contributed by atoms with van der Waals surface area (Å²) in [4.78, 5) is 0. The lowest BCUT2D eigenvalue weighted by Gasteiger charge is -2.05. The highest BCUT2D eigenvalue weighted by Gasteiger charge is 1.96. The van der Waals surface area contributed by atoms with Crippen molar-refractivity contribution in [3.63, 3.8) is 0 Å². The predicted molar refractivity (Wildman–Crippen MR) is 65.8 cm³/mol. The third-order valence-corrected chi connectivity index (χ3v) is 2.28. The average Bonchev–Trinajstić information content (AvgIpc) is 2.30. The Morgan fingerprint density at radius 3 is 2.60 bits per heavy atom. The summed E-state index contributed by atoms with van der Waals surface area (Å²) in [6.45, 7) is 0. The van der Waals surface area contributed by atoms with Gasteiger partial charge in [-0.2, -0.15) is 0 Å². The third-order valence-electron chi connectivity index (χ3n) is 2.28. The largest absolute Gasteiger partial charge is 0.393 e. The molecule has 0 amide bonds. The Bertz CT molecular complexity index is 469. The van der Waals surface area contributed by atoms with Gasteiger partial charge in [0.2, 0.25) is 0 Å². The van der Waals surface area contributed by atoms with Crippen LogP contribution in [0.25, 0.3) is 10.8 Å². The maximum absolute atomic E-state index is 3.25. The molecule has 0 spiro atoms. The first kappa shape index (κ1) is 9.59. The molecule has 76 valence electrons. The first-order valence-electron chi connectivity index (χ1n) is 4.98. The minimum atomic E-state index is 1.12. The van der Waals surface area contributed by atoms with E-state index in [4.69, 9.17) is 0 Å². The van der Waals surface area contributed by atoms with E-state index in [9.17, 15) is 0 Å². The van der Waals surface area contributed by atoms with Crippen molar-refractivity contribution in [3.05, 3.63) is 54.9 Å². The summed E-state index contributed by atoms with van der Waals surface area (Å²) in [6, 6.07) is 14.6. The number of nitrogens with one attached hydrogen (secondary N) is 2. The highest BCUT2D eigenvalue weighted by Crippen LogP contribution is 2.22. The third kappa shape index (κ3) is 2.10. The quantitative estimate of drug-likeness (QED) is 0.792. The average molecular weight is 198 g/mol. The van der Waals surface area contributed by atoms with Gasteiger partial charge in [0.25, 0.3) is 0 Å². The minimum absolute atomic E-state index is 1.12. The molecule has 0 bridgehead atoms. The van der Waals surface area contributed by atoms with Gasteiger partial charge in [-0.1, -0.05) is 36.4 Å². The normalized spacial score (nSPS) is 10.7. The highest BCUT2D eigenvalue weighted by atomic mass is 14.9. The fourth-order valence-corrected chi connectivity index (χ4v) is 1.57. The van der Waals surface area contributed by atoms with Crippen molar-refractivity contribution in [1.82, 2.24) is 5.32 Å². The predicted octanol–water partition coefficient (Wildman–Crippen LogP) is 2.94. The van der Waals surface area contributed by atoms with Crippen molar-refractivity contribution in [2.45, 2.75) is 0 Å². The first-order valence-corrected chi connectivity index (χ1v) is 4.98. The van der Waals surface area contributed by atoms with Crippen LogP contribution in [-0.2, 0) is 0 Å². The molecular formula is C13H14N2. The van der Waals surface area contributed by atoms with Crippen LogP contribution in [0.3, 0.4) is 0 Å². The zero-order valence-electron chi connectivity index (χ0n) is 8.70. The van der Waals surface area contributed by atoms with Crippen LogP contribution in [0, 0.1) is 0 Å². The van der Waals surface area contributed by atoms with Gasteiger partial charge >= 0.3 is 0 Å². The zero-order valence-corrected chi connectivity index (χ0v) is 8.70. The van der Waals surface area contributed by atoms with Gasteiger partial charge in [-0.3, -0.25) is 0 Å². The molecule has 2 aromatic carbocycles. The summed E-state index contributed by atoms with van der Waals surface area (Å²) in [5.74, 6) is 0. The van der Waals surface area contributed by atoms with E-state index in [-0.39, 0.29) is 0 Å². The smallest absolute Gasteiger partial charge is 0.0459 e. The van der Waals surface area contributed by atoms with E-state index in [0.29, 0.717) is 0 Å². The number of hydrogen-bond donors (Lipinski definition) is 2. The number of anilines is 1. The van der Waals surface area contributed by atoms with Gasteiger partial charge in [0, 0.05) is 30.5 Å². The molecule has 0 saturated carbocycles. The molecule has 0 aliphatic heterocycles. The van der Waals surface area contributed by atoms with Crippen molar-refractivity contribution >= 4 is 16.5 Å². The molecule has 0 aromatic heterocycles. The summed E-state index contributed by atoms with van der Waals surface area (Å²) in [7, 11) is 1.88. The molecule has 2 nitrogen and oxygen atoms in total. The molecule has 0 fully saturated rings. The van der Waals surface area contributed by atoms with E-state index in [0.717, 1.165) is 5.69 Å². The molecule has 0 aliphatic rings. The van der Waals surface area contributed by atoms with E-state index in [1.165, 1.54) is 10.8 Å². The number of benzene rings is 2. The molecule has 0 heterocycles. The lowest BCUT2D eigenvalue weighted by molar-refractivity contribution is 1.10. The Labute approximate surface area is 89.6 Å². The van der Waals surface area contributed by atoms with Crippen molar-refractivity contribution in [1.29, 1.82) is 0 Å². The second kappa shape index (κ2) is 4.51. The Kier molecular flexibility index (Phi) is 2.88. The molecule has 0 unspecified atom stereocenters. The van der Waals surface area contributed by atoms with E-state index < -0.39 is 0 Å². The molecule has 2 aromatic rings. The highest BCUT2D eigenvalue weighted by molar-refractivity contribution is 5.94. The fraction of sp³-hybridized carbons (Fsp3) is 0.0769. The van der Waals surface area contributed by atoms with Gasteiger partial charge in [0.05, 0.1) is 0 Å². The molecule has 2 N–H and O–H groups in total. The molecule has 0 saturated heterocycles. The first-order chi connectivity index (χ1) is 7.42. The summed E-state index contributed by atoms with van der Waals surface area (Å²) in [5, 5.41) is 8.68. The van der Waals surface area contributed by atoms with Crippen LogP contribution in [0.1, 0.15) is 0 Å². The number of rotatable bonds is 3. The van der Waals surface area contributed by atoms with Crippen LogP contribution < -0.4 is 10.6 Å². The summed E-state index contributed by atoms with van der Waals surface area (Å²) >= 11 is 0. The van der Waals surface area contributed by atoms with E-state index >= 15 is 0 Å². The van der Waals surface area contributed by atoms with Gasteiger partial charge < -0.3 is 10.6 Å². The van der Waals surface area contributed by atoms with Crippen LogP contribution in [0.4, 0.5) is 5.69 Å². The topological polar surface area (TPSA) is 24.1 Å². The van der Waals surface area contributed by atoms with Gasteiger partial charge in [0.1, 0.15) is 0 Å². The van der Waals surface area contributed by atoms with E-state index in [2.05, 4.69) is 53.1 Å². The van der Waals surface area contributed by atoms with Crippen molar-refractivity contribution < 1.29 is 0 Å². The summed E-state index contributed by atoms with van der Waals surface area (Å²) in [5.41, 5.74) is 1.12. The second-order valence-electron chi connectivity index (χ2n) is 3.29. The molecule has 15 heavy (non-hydrogen) atoms. The lowest BCUT2D eigenvalue weighted by Crippen LogP contribution is -1.95. The zero-order chi connectivity index (χ0) is 10.5. The maximum atomic E-state index is 3.25. The summed E-state index contributed by atoms with van der Waals surface area (Å²) in [6.07, 6.45) is 3.75. The molecule has 0 aliphatic carbocycles. The molecule has 0 atom stereocenters. The fourth-order valence-electron chi connectivity index (χ4n) is 1.57. The monoisotopic (exact) mass is 198 g/mol. The molecule has 0 radical (unpaired) electrons. The Balaban J connectivity index is 2.38. The van der Waals surface area contributed by atoms with Crippen molar-refractivity contribution in [2.24, 2.45) is 0 Å². The Morgan fingerprint density at radius 2 is 1.73 bits per heavy atom. The van der Waals surface area contributed by atoms with Gasteiger partial charge in [-0.25, -0.2) is 0 Å². The van der Waals surface area contributed by atoms with Crippen LogP contribution in [0.5, 0.6) is 0 Å². The van der Waals surface area contributed by atoms with Gasteiger partial charge in [-0.15, -0.1) is 0 Å². The van der Waals surface area contributed by atoms with Crippen LogP contribution in [0.15, 0.2) is 54.9 Å². The maximum Gasteiger partial charge on any atom is 0.0459 e. The molecular weight excluding hydrogens is 184 g/mol. The number of fused-ring (bicyclic) bond motifs is 1. The van der Waals surface area contributed by atoms with Gasteiger partial charge in [0.15, 0.2) is 0 Å². The standard InChI is InChI=1S/C13H14N2/c1-14-9-10-15-13-8-4-6-11-5-2-3-7-12(11)13/h2-10,14-15H,1H3/b10-9-. The molecule has 2 rings (SSSR count). The molecule has 2 heteroatoms. The number of hydrogen-bond acceptors (Lipinski definition) is 2. The minimum Gasteiger partial charge on any atom is -0.393 e. The lowest BCUT2D eigenvalue weighted by atomic mass is 10.1. The van der Waals surface area contributed by atoms with E-state index in [1.807, 2.05) is 19.4 Å². The van der Waals surface area contributed by atoms with Crippen LogP contribution in [-0.4, -0.2) is 7.05 Å².